The van der Waals surface area contributed by atoms with E-state index in [9.17, 15) is 9.59 Å². The van der Waals surface area contributed by atoms with E-state index in [0.29, 0.717) is 12.2 Å². The largest absolute Gasteiger partial charge is 0.481 e. The van der Waals surface area contributed by atoms with Crippen molar-refractivity contribution >= 4 is 29.3 Å². The topological polar surface area (TPSA) is 66.4 Å². The Morgan fingerprint density at radius 2 is 2.35 bits per heavy atom. The van der Waals surface area contributed by atoms with Gasteiger partial charge in [0.25, 0.3) is 0 Å². The third-order valence-corrected chi connectivity index (χ3v) is 3.88. The summed E-state index contributed by atoms with van der Waals surface area (Å²) in [7, 11) is 0. The molecule has 1 heterocycles. The number of nitrogens with one attached hydrogen (secondary N) is 1. The van der Waals surface area contributed by atoms with Gasteiger partial charge in [-0.1, -0.05) is 6.92 Å². The molecule has 0 aromatic heterocycles. The highest BCUT2D eigenvalue weighted by molar-refractivity contribution is 7.99. The molecular formula is C12H13NO3S. The molecule has 0 aliphatic carbocycles. The Bertz CT molecular complexity index is 473. The normalized spacial score (nSPS) is 15.2. The van der Waals surface area contributed by atoms with Crippen LogP contribution in [-0.4, -0.2) is 22.7 Å². The van der Waals surface area contributed by atoms with Crippen LogP contribution in [0, 0.1) is 5.92 Å². The van der Waals surface area contributed by atoms with Crippen LogP contribution in [0.3, 0.4) is 0 Å². The third-order valence-electron chi connectivity index (χ3n) is 2.62. The summed E-state index contributed by atoms with van der Waals surface area (Å²) in [6.07, 6.45) is 0.415. The number of hydrogen-bond acceptors (Lipinski definition) is 3. The SMILES string of the molecule is CC(CSc1ccc2c(c1)CC(=O)N2)C(=O)O. The van der Waals surface area contributed by atoms with Gasteiger partial charge in [0.2, 0.25) is 5.91 Å². The van der Waals surface area contributed by atoms with E-state index >= 15 is 0 Å². The number of carbonyl (C=O) groups is 2. The second-order valence-electron chi connectivity index (χ2n) is 4.09. The van der Waals surface area contributed by atoms with Gasteiger partial charge >= 0.3 is 5.97 Å². The summed E-state index contributed by atoms with van der Waals surface area (Å²) in [5.41, 5.74) is 1.86. The fourth-order valence-electron chi connectivity index (χ4n) is 1.59. The van der Waals surface area contributed by atoms with Crippen molar-refractivity contribution in [3.63, 3.8) is 0 Å². The molecule has 2 N–H and O–H groups in total. The van der Waals surface area contributed by atoms with Gasteiger partial charge < -0.3 is 10.4 Å². The summed E-state index contributed by atoms with van der Waals surface area (Å²) in [5, 5.41) is 11.5. The number of carboxylic acids is 1. The van der Waals surface area contributed by atoms with Gasteiger partial charge in [-0.05, 0) is 23.8 Å². The summed E-state index contributed by atoms with van der Waals surface area (Å²) >= 11 is 1.50. The van der Waals surface area contributed by atoms with Gasteiger partial charge in [0, 0.05) is 16.3 Å². The summed E-state index contributed by atoms with van der Waals surface area (Å²) in [5.74, 6) is -0.597. The quantitative estimate of drug-likeness (QED) is 0.803. The van der Waals surface area contributed by atoms with E-state index in [0.717, 1.165) is 16.1 Å². The van der Waals surface area contributed by atoms with Crippen LogP contribution in [0.2, 0.25) is 0 Å². The van der Waals surface area contributed by atoms with Crippen molar-refractivity contribution in [2.45, 2.75) is 18.2 Å². The van der Waals surface area contributed by atoms with E-state index in [2.05, 4.69) is 5.32 Å². The lowest BCUT2D eigenvalue weighted by Gasteiger charge is -2.07. The molecule has 0 saturated heterocycles. The Hall–Kier alpha value is -1.49. The second-order valence-corrected chi connectivity index (χ2v) is 5.19. The van der Waals surface area contributed by atoms with Gasteiger partial charge in [0.05, 0.1) is 12.3 Å². The van der Waals surface area contributed by atoms with Crippen LogP contribution in [0.1, 0.15) is 12.5 Å². The van der Waals surface area contributed by atoms with Crippen LogP contribution < -0.4 is 5.32 Å². The van der Waals surface area contributed by atoms with E-state index in [1.807, 2.05) is 18.2 Å². The van der Waals surface area contributed by atoms with Gasteiger partial charge in [-0.2, -0.15) is 0 Å². The monoisotopic (exact) mass is 251 g/mol. The van der Waals surface area contributed by atoms with E-state index in [-0.39, 0.29) is 11.8 Å². The minimum absolute atomic E-state index is 0.0149. The van der Waals surface area contributed by atoms with E-state index in [1.54, 1.807) is 6.92 Å². The number of carboxylic acid groups (broad SMARTS) is 1. The van der Waals surface area contributed by atoms with Crippen LogP contribution in [0.5, 0.6) is 0 Å². The van der Waals surface area contributed by atoms with Crippen LogP contribution in [-0.2, 0) is 16.0 Å². The number of fused-ring (bicyclic) bond motifs is 1. The maximum absolute atomic E-state index is 11.2. The van der Waals surface area contributed by atoms with Crippen molar-refractivity contribution in [2.75, 3.05) is 11.1 Å². The summed E-state index contributed by atoms with van der Waals surface area (Å²) < 4.78 is 0. The molecule has 0 saturated carbocycles. The molecule has 1 aliphatic rings. The minimum Gasteiger partial charge on any atom is -0.481 e. The maximum Gasteiger partial charge on any atom is 0.307 e. The third kappa shape index (κ3) is 2.79. The molecule has 1 atom stereocenters. The first-order valence-corrected chi connectivity index (χ1v) is 6.33. The van der Waals surface area contributed by atoms with Crippen molar-refractivity contribution in [1.82, 2.24) is 0 Å². The second kappa shape index (κ2) is 4.79. The molecule has 0 fully saturated rings. The number of anilines is 1. The molecule has 1 aromatic rings. The fraction of sp³-hybridized carbons (Fsp3) is 0.333. The standard InChI is InChI=1S/C12H13NO3S/c1-7(12(15)16)6-17-9-2-3-10-8(4-9)5-11(14)13-10/h2-4,7H,5-6H2,1H3,(H,13,14)(H,15,16). The number of rotatable bonds is 4. The zero-order chi connectivity index (χ0) is 12.4. The molecule has 0 radical (unpaired) electrons. The Balaban J connectivity index is 2.02. The Kier molecular flexibility index (Phi) is 3.38. The number of carbonyl (C=O) groups excluding carboxylic acids is 1. The smallest absolute Gasteiger partial charge is 0.307 e. The average molecular weight is 251 g/mol. The molecule has 90 valence electrons. The van der Waals surface area contributed by atoms with E-state index in [4.69, 9.17) is 5.11 Å². The van der Waals surface area contributed by atoms with Crippen molar-refractivity contribution in [3.8, 4) is 0 Å². The molecule has 1 aliphatic heterocycles. The number of amides is 1. The van der Waals surface area contributed by atoms with Crippen LogP contribution >= 0.6 is 11.8 Å². The zero-order valence-corrected chi connectivity index (χ0v) is 10.2. The molecule has 0 bridgehead atoms. The predicted molar refractivity (Wildman–Crippen MR) is 66.3 cm³/mol. The number of hydrogen-bond donors (Lipinski definition) is 2. The van der Waals surface area contributed by atoms with Gasteiger partial charge in [0.15, 0.2) is 0 Å². The Morgan fingerprint density at radius 3 is 3.06 bits per heavy atom. The Morgan fingerprint density at radius 1 is 1.59 bits per heavy atom. The number of aliphatic carboxylic acids is 1. The Labute approximate surface area is 103 Å². The van der Waals surface area contributed by atoms with E-state index in [1.165, 1.54) is 11.8 Å². The lowest BCUT2D eigenvalue weighted by molar-refractivity contribution is -0.140. The lowest BCUT2D eigenvalue weighted by Crippen LogP contribution is -2.11. The van der Waals surface area contributed by atoms with Crippen molar-refractivity contribution in [3.05, 3.63) is 23.8 Å². The van der Waals surface area contributed by atoms with Crippen LogP contribution in [0.4, 0.5) is 5.69 Å². The first kappa shape index (κ1) is 12.0. The predicted octanol–water partition coefficient (Wildman–Crippen LogP) is 1.99. The molecule has 2 rings (SSSR count). The fourth-order valence-corrected chi connectivity index (χ4v) is 2.56. The molecular weight excluding hydrogens is 238 g/mol. The number of thioether (sulfide) groups is 1. The molecule has 5 heteroatoms. The highest BCUT2D eigenvalue weighted by Crippen LogP contribution is 2.29. The highest BCUT2D eigenvalue weighted by Gasteiger charge is 2.18. The van der Waals surface area contributed by atoms with Gasteiger partial charge in [-0.3, -0.25) is 9.59 Å². The first-order valence-electron chi connectivity index (χ1n) is 5.34. The first-order chi connectivity index (χ1) is 8.06. The molecule has 1 unspecified atom stereocenters. The molecule has 0 spiro atoms. The van der Waals surface area contributed by atoms with Gasteiger partial charge in [-0.15, -0.1) is 11.8 Å². The van der Waals surface area contributed by atoms with Crippen LogP contribution in [0.25, 0.3) is 0 Å². The molecule has 1 aromatic carbocycles. The molecule has 17 heavy (non-hydrogen) atoms. The van der Waals surface area contributed by atoms with Crippen LogP contribution in [0.15, 0.2) is 23.1 Å². The average Bonchev–Trinajstić information content (AvgIpc) is 2.64. The van der Waals surface area contributed by atoms with E-state index < -0.39 is 5.97 Å². The summed E-state index contributed by atoms with van der Waals surface area (Å²) in [4.78, 5) is 22.9. The van der Waals surface area contributed by atoms with Crippen molar-refractivity contribution < 1.29 is 14.7 Å². The number of benzene rings is 1. The zero-order valence-electron chi connectivity index (χ0n) is 9.40. The van der Waals surface area contributed by atoms with Gasteiger partial charge in [-0.25, -0.2) is 0 Å². The summed E-state index contributed by atoms with van der Waals surface area (Å²) in [6, 6.07) is 5.73. The van der Waals surface area contributed by atoms with Crippen molar-refractivity contribution in [2.24, 2.45) is 5.92 Å². The summed E-state index contributed by atoms with van der Waals surface area (Å²) in [6.45, 7) is 1.69. The lowest BCUT2D eigenvalue weighted by atomic mass is 10.2. The molecule has 1 amide bonds. The minimum atomic E-state index is -0.782. The maximum atomic E-state index is 11.2. The highest BCUT2D eigenvalue weighted by atomic mass is 32.2. The van der Waals surface area contributed by atoms with Gasteiger partial charge in [0.1, 0.15) is 0 Å². The van der Waals surface area contributed by atoms with Crippen molar-refractivity contribution in [1.29, 1.82) is 0 Å². The molecule has 4 nitrogen and oxygen atoms in total.